The van der Waals surface area contributed by atoms with Crippen LogP contribution in [0.15, 0.2) is 12.3 Å². The molecule has 2 atom stereocenters. The van der Waals surface area contributed by atoms with Gasteiger partial charge in [-0.25, -0.2) is 0 Å². The van der Waals surface area contributed by atoms with Crippen LogP contribution >= 0.6 is 0 Å². The summed E-state index contributed by atoms with van der Waals surface area (Å²) >= 11 is 0. The fraction of sp³-hybridized carbons (Fsp3) is 0.786. The van der Waals surface area contributed by atoms with Gasteiger partial charge in [-0.05, 0) is 39.8 Å². The lowest BCUT2D eigenvalue weighted by molar-refractivity contribution is -0.00523. The van der Waals surface area contributed by atoms with E-state index in [0.717, 1.165) is 12.1 Å². The number of nitrogens with zero attached hydrogens (tertiary/aromatic N) is 2. The van der Waals surface area contributed by atoms with Gasteiger partial charge in [-0.2, -0.15) is 5.10 Å². The molecule has 1 aliphatic carbocycles. The maximum atomic E-state index is 6.03. The highest BCUT2D eigenvalue weighted by molar-refractivity contribution is 4.98. The van der Waals surface area contributed by atoms with Crippen molar-refractivity contribution in [2.75, 3.05) is 7.05 Å². The van der Waals surface area contributed by atoms with Crippen LogP contribution in [-0.2, 0) is 11.3 Å². The Morgan fingerprint density at radius 2 is 2.22 bits per heavy atom. The van der Waals surface area contributed by atoms with Crippen LogP contribution in [0.25, 0.3) is 0 Å². The van der Waals surface area contributed by atoms with E-state index in [2.05, 4.69) is 30.3 Å². The van der Waals surface area contributed by atoms with Crippen LogP contribution in [0.2, 0.25) is 0 Å². The Kier molecular flexibility index (Phi) is 4.78. The Morgan fingerprint density at radius 1 is 1.44 bits per heavy atom. The first-order valence-electron chi connectivity index (χ1n) is 7.03. The van der Waals surface area contributed by atoms with E-state index < -0.39 is 0 Å². The van der Waals surface area contributed by atoms with Gasteiger partial charge in [0.1, 0.15) is 0 Å². The summed E-state index contributed by atoms with van der Waals surface area (Å²) in [5.74, 6) is 0. The maximum absolute atomic E-state index is 6.03. The standard InChI is InChI=1S/C14H25N3O/c1-11(2)17-9-8-12(16-17)10-18-14-7-5-4-6-13(14)15-3/h8-9,11,13-15H,4-7,10H2,1-3H3. The third-order valence-electron chi connectivity index (χ3n) is 3.71. The van der Waals surface area contributed by atoms with E-state index in [4.69, 9.17) is 4.74 Å². The molecule has 0 bridgehead atoms. The van der Waals surface area contributed by atoms with Gasteiger partial charge in [-0.15, -0.1) is 0 Å². The topological polar surface area (TPSA) is 39.1 Å². The summed E-state index contributed by atoms with van der Waals surface area (Å²) in [6.45, 7) is 4.90. The van der Waals surface area contributed by atoms with Gasteiger partial charge in [-0.3, -0.25) is 4.68 Å². The number of likely N-dealkylation sites (N-methyl/N-ethyl adjacent to an activating group) is 1. The molecule has 1 fully saturated rings. The van der Waals surface area contributed by atoms with Crippen molar-refractivity contribution in [3.8, 4) is 0 Å². The van der Waals surface area contributed by atoms with Crippen molar-refractivity contribution in [2.45, 2.75) is 64.3 Å². The predicted molar refractivity (Wildman–Crippen MR) is 72.5 cm³/mol. The summed E-state index contributed by atoms with van der Waals surface area (Å²) in [5, 5.41) is 7.88. The minimum Gasteiger partial charge on any atom is -0.370 e. The van der Waals surface area contributed by atoms with E-state index in [-0.39, 0.29) is 0 Å². The maximum Gasteiger partial charge on any atom is 0.0911 e. The van der Waals surface area contributed by atoms with E-state index in [1.807, 2.05) is 17.9 Å². The Bertz CT molecular complexity index is 362. The number of rotatable bonds is 5. The summed E-state index contributed by atoms with van der Waals surface area (Å²) in [5.41, 5.74) is 1.03. The molecule has 0 saturated heterocycles. The summed E-state index contributed by atoms with van der Waals surface area (Å²) in [6.07, 6.45) is 7.35. The number of hydrogen-bond donors (Lipinski definition) is 1. The Morgan fingerprint density at radius 3 is 2.89 bits per heavy atom. The first-order valence-corrected chi connectivity index (χ1v) is 7.03. The average molecular weight is 251 g/mol. The number of ether oxygens (including phenoxy) is 1. The molecule has 0 amide bonds. The van der Waals surface area contributed by atoms with Gasteiger partial charge < -0.3 is 10.1 Å². The second kappa shape index (κ2) is 6.34. The molecule has 2 rings (SSSR count). The second-order valence-electron chi connectivity index (χ2n) is 5.41. The van der Waals surface area contributed by atoms with Crippen molar-refractivity contribution in [1.82, 2.24) is 15.1 Å². The summed E-state index contributed by atoms with van der Waals surface area (Å²) in [6, 6.07) is 2.97. The third-order valence-corrected chi connectivity index (χ3v) is 3.71. The highest BCUT2D eigenvalue weighted by Gasteiger charge is 2.24. The molecule has 1 heterocycles. The monoisotopic (exact) mass is 251 g/mol. The highest BCUT2D eigenvalue weighted by Crippen LogP contribution is 2.22. The van der Waals surface area contributed by atoms with Crippen LogP contribution in [0.1, 0.15) is 51.3 Å². The van der Waals surface area contributed by atoms with Crippen molar-refractivity contribution in [3.63, 3.8) is 0 Å². The molecule has 18 heavy (non-hydrogen) atoms. The lowest BCUT2D eigenvalue weighted by atomic mass is 9.92. The normalized spacial score (nSPS) is 24.7. The van der Waals surface area contributed by atoms with Crippen LogP contribution in [0, 0.1) is 0 Å². The zero-order chi connectivity index (χ0) is 13.0. The summed E-state index contributed by atoms with van der Waals surface area (Å²) in [7, 11) is 2.03. The van der Waals surface area contributed by atoms with E-state index in [0.29, 0.717) is 24.8 Å². The second-order valence-corrected chi connectivity index (χ2v) is 5.41. The van der Waals surface area contributed by atoms with E-state index >= 15 is 0 Å². The lowest BCUT2D eigenvalue weighted by Crippen LogP contribution is -2.41. The predicted octanol–water partition coefficient (Wildman–Crippen LogP) is 2.51. The quantitative estimate of drug-likeness (QED) is 0.874. The molecule has 0 spiro atoms. The number of hydrogen-bond acceptors (Lipinski definition) is 3. The molecule has 1 aromatic rings. The van der Waals surface area contributed by atoms with Gasteiger partial charge in [-0.1, -0.05) is 12.8 Å². The molecule has 0 radical (unpaired) electrons. The van der Waals surface area contributed by atoms with Crippen molar-refractivity contribution in [3.05, 3.63) is 18.0 Å². The molecular formula is C14H25N3O. The fourth-order valence-corrected chi connectivity index (χ4v) is 2.56. The average Bonchev–Trinajstić information content (AvgIpc) is 2.85. The van der Waals surface area contributed by atoms with E-state index in [1.165, 1.54) is 19.3 Å². The van der Waals surface area contributed by atoms with Crippen LogP contribution in [0.4, 0.5) is 0 Å². The largest absolute Gasteiger partial charge is 0.370 e. The molecular weight excluding hydrogens is 226 g/mol. The Balaban J connectivity index is 1.85. The highest BCUT2D eigenvalue weighted by atomic mass is 16.5. The van der Waals surface area contributed by atoms with E-state index in [1.54, 1.807) is 0 Å². The molecule has 1 aliphatic rings. The first-order chi connectivity index (χ1) is 8.70. The zero-order valence-corrected chi connectivity index (χ0v) is 11.7. The zero-order valence-electron chi connectivity index (χ0n) is 11.7. The molecule has 1 N–H and O–H groups in total. The van der Waals surface area contributed by atoms with Crippen LogP contribution in [0.5, 0.6) is 0 Å². The molecule has 1 saturated carbocycles. The fourth-order valence-electron chi connectivity index (χ4n) is 2.56. The van der Waals surface area contributed by atoms with Crippen molar-refractivity contribution >= 4 is 0 Å². The minimum atomic E-state index is 0.341. The SMILES string of the molecule is CNC1CCCCC1OCc1ccn(C(C)C)n1. The first kappa shape index (κ1) is 13.6. The van der Waals surface area contributed by atoms with Crippen molar-refractivity contribution in [1.29, 1.82) is 0 Å². The smallest absolute Gasteiger partial charge is 0.0911 e. The van der Waals surface area contributed by atoms with Gasteiger partial charge >= 0.3 is 0 Å². The molecule has 0 aliphatic heterocycles. The van der Waals surface area contributed by atoms with Gasteiger partial charge in [0, 0.05) is 18.3 Å². The molecule has 1 aromatic heterocycles. The van der Waals surface area contributed by atoms with Gasteiger partial charge in [0.25, 0.3) is 0 Å². The number of nitrogens with one attached hydrogen (secondary N) is 1. The molecule has 2 unspecified atom stereocenters. The molecule has 4 nitrogen and oxygen atoms in total. The van der Waals surface area contributed by atoms with Gasteiger partial charge in [0.15, 0.2) is 0 Å². The summed E-state index contributed by atoms with van der Waals surface area (Å²) in [4.78, 5) is 0. The third kappa shape index (κ3) is 3.33. The van der Waals surface area contributed by atoms with Crippen molar-refractivity contribution < 1.29 is 4.74 Å². The van der Waals surface area contributed by atoms with Gasteiger partial charge in [0.05, 0.1) is 18.4 Å². The van der Waals surface area contributed by atoms with Crippen LogP contribution < -0.4 is 5.32 Å². The van der Waals surface area contributed by atoms with Gasteiger partial charge in [0.2, 0.25) is 0 Å². The summed E-state index contributed by atoms with van der Waals surface area (Å²) < 4.78 is 8.01. The Hall–Kier alpha value is -0.870. The minimum absolute atomic E-state index is 0.341. The molecule has 0 aromatic carbocycles. The van der Waals surface area contributed by atoms with Crippen molar-refractivity contribution in [2.24, 2.45) is 0 Å². The van der Waals surface area contributed by atoms with E-state index in [9.17, 15) is 0 Å². The molecule has 4 heteroatoms. The molecule has 102 valence electrons. The lowest BCUT2D eigenvalue weighted by Gasteiger charge is -2.31. The number of aromatic nitrogens is 2. The van der Waals surface area contributed by atoms with Crippen LogP contribution in [-0.4, -0.2) is 29.0 Å². The van der Waals surface area contributed by atoms with Crippen LogP contribution in [0.3, 0.4) is 0 Å². The Labute approximate surface area is 110 Å².